The molecular weight excluding hydrogens is 372 g/mol. The summed E-state index contributed by atoms with van der Waals surface area (Å²) in [6.45, 7) is 5.43. The zero-order chi connectivity index (χ0) is 16.2. The molecule has 1 N–H and O–H groups in total. The summed E-state index contributed by atoms with van der Waals surface area (Å²) < 4.78 is 38.4. The van der Waals surface area contributed by atoms with Crippen molar-refractivity contribution in [3.8, 4) is 5.75 Å². The maximum absolute atomic E-state index is 12.4. The normalized spacial score (nSPS) is 18.1. The Balaban J connectivity index is 1.99. The molecule has 0 bridgehead atoms. The number of hydrogen-bond donors (Lipinski definition) is 1. The molecular formula is C14H21BrN2O4S. The lowest BCUT2D eigenvalue weighted by molar-refractivity contribution is 0.0213. The Morgan fingerprint density at radius 2 is 2.09 bits per heavy atom. The number of nitrogens with zero attached hydrogens (tertiary/aromatic N) is 1. The lowest BCUT2D eigenvalue weighted by Gasteiger charge is -2.32. The molecule has 1 aromatic carbocycles. The van der Waals surface area contributed by atoms with Crippen LogP contribution in [0.5, 0.6) is 5.75 Å². The number of halogens is 1. The van der Waals surface area contributed by atoms with Crippen molar-refractivity contribution in [3.05, 3.63) is 22.7 Å². The van der Waals surface area contributed by atoms with Crippen LogP contribution in [0.4, 0.5) is 0 Å². The van der Waals surface area contributed by atoms with E-state index in [4.69, 9.17) is 9.47 Å². The van der Waals surface area contributed by atoms with E-state index in [1.54, 1.807) is 12.1 Å². The molecule has 1 fully saturated rings. The molecule has 0 aromatic heterocycles. The Morgan fingerprint density at radius 1 is 1.41 bits per heavy atom. The van der Waals surface area contributed by atoms with Crippen molar-refractivity contribution in [3.63, 3.8) is 0 Å². The summed E-state index contributed by atoms with van der Waals surface area (Å²) in [5, 5.41) is 0. The average molecular weight is 393 g/mol. The first-order valence-corrected chi connectivity index (χ1v) is 9.36. The van der Waals surface area contributed by atoms with Crippen LogP contribution in [0.15, 0.2) is 27.6 Å². The van der Waals surface area contributed by atoms with E-state index < -0.39 is 10.0 Å². The minimum atomic E-state index is -3.53. The smallest absolute Gasteiger partial charge is 0.240 e. The van der Waals surface area contributed by atoms with Gasteiger partial charge in [-0.05, 0) is 41.1 Å². The summed E-state index contributed by atoms with van der Waals surface area (Å²) in [5.41, 5.74) is 0. The predicted molar refractivity (Wildman–Crippen MR) is 87.7 cm³/mol. The highest BCUT2D eigenvalue weighted by atomic mass is 79.9. The van der Waals surface area contributed by atoms with Crippen molar-refractivity contribution in [2.24, 2.45) is 0 Å². The maximum Gasteiger partial charge on any atom is 0.240 e. The fourth-order valence-electron chi connectivity index (χ4n) is 2.28. The number of sulfonamides is 1. The number of rotatable bonds is 6. The molecule has 124 valence electrons. The number of benzene rings is 1. The summed E-state index contributed by atoms with van der Waals surface area (Å²) in [6.07, 6.45) is 0. The molecule has 1 aliphatic rings. The third-order valence-electron chi connectivity index (χ3n) is 3.67. The maximum atomic E-state index is 12.4. The zero-order valence-electron chi connectivity index (χ0n) is 12.7. The van der Waals surface area contributed by atoms with E-state index in [1.165, 1.54) is 13.2 Å². The second kappa shape index (κ2) is 7.74. The van der Waals surface area contributed by atoms with Gasteiger partial charge in [-0.15, -0.1) is 0 Å². The highest BCUT2D eigenvalue weighted by Crippen LogP contribution is 2.27. The van der Waals surface area contributed by atoms with Crippen LogP contribution in [0.25, 0.3) is 0 Å². The van der Waals surface area contributed by atoms with Gasteiger partial charge in [-0.25, -0.2) is 13.1 Å². The summed E-state index contributed by atoms with van der Waals surface area (Å²) in [4.78, 5) is 2.44. The molecule has 1 heterocycles. The van der Waals surface area contributed by atoms with Crippen molar-refractivity contribution >= 4 is 26.0 Å². The molecule has 0 radical (unpaired) electrons. The largest absolute Gasteiger partial charge is 0.496 e. The van der Waals surface area contributed by atoms with Crippen molar-refractivity contribution in [2.45, 2.75) is 17.9 Å². The number of ether oxygens (including phenoxy) is 2. The molecule has 0 amide bonds. The molecule has 1 aromatic rings. The van der Waals surface area contributed by atoms with Gasteiger partial charge in [0.15, 0.2) is 0 Å². The highest BCUT2D eigenvalue weighted by molar-refractivity contribution is 9.10. The summed E-state index contributed by atoms with van der Waals surface area (Å²) >= 11 is 3.30. The molecule has 1 unspecified atom stereocenters. The molecule has 1 aliphatic heterocycles. The second-order valence-corrected chi connectivity index (χ2v) is 7.77. The van der Waals surface area contributed by atoms with Gasteiger partial charge in [0.2, 0.25) is 10.0 Å². The van der Waals surface area contributed by atoms with Crippen molar-refractivity contribution < 1.29 is 17.9 Å². The van der Waals surface area contributed by atoms with Crippen LogP contribution >= 0.6 is 15.9 Å². The van der Waals surface area contributed by atoms with Crippen molar-refractivity contribution in [1.29, 1.82) is 0 Å². The van der Waals surface area contributed by atoms with Gasteiger partial charge in [0.25, 0.3) is 0 Å². The second-order valence-electron chi connectivity index (χ2n) is 5.15. The van der Waals surface area contributed by atoms with E-state index in [-0.39, 0.29) is 10.9 Å². The Kier molecular flexibility index (Phi) is 6.22. The summed E-state index contributed by atoms with van der Waals surface area (Å²) in [7, 11) is -2.00. The predicted octanol–water partition coefficient (Wildman–Crippen LogP) is 1.46. The topological polar surface area (TPSA) is 67.9 Å². The van der Waals surface area contributed by atoms with Gasteiger partial charge in [-0.3, -0.25) is 4.90 Å². The lowest BCUT2D eigenvalue weighted by atomic mass is 10.2. The van der Waals surface area contributed by atoms with Crippen LogP contribution < -0.4 is 9.46 Å². The fourth-order valence-corrected chi connectivity index (χ4v) is 4.11. The van der Waals surface area contributed by atoms with Gasteiger partial charge < -0.3 is 9.47 Å². The van der Waals surface area contributed by atoms with E-state index >= 15 is 0 Å². The van der Waals surface area contributed by atoms with Gasteiger partial charge in [0, 0.05) is 25.7 Å². The van der Waals surface area contributed by atoms with Crippen molar-refractivity contribution in [1.82, 2.24) is 9.62 Å². The van der Waals surface area contributed by atoms with Crippen molar-refractivity contribution in [2.75, 3.05) is 40.0 Å². The molecule has 6 nitrogen and oxygen atoms in total. The van der Waals surface area contributed by atoms with Crippen LogP contribution in [-0.4, -0.2) is 59.3 Å². The number of hydrogen-bond acceptors (Lipinski definition) is 5. The zero-order valence-corrected chi connectivity index (χ0v) is 15.1. The Labute approximate surface area is 140 Å². The summed E-state index contributed by atoms with van der Waals surface area (Å²) in [5.74, 6) is 0.598. The van der Waals surface area contributed by atoms with Crippen LogP contribution in [0.1, 0.15) is 6.92 Å². The van der Waals surface area contributed by atoms with Gasteiger partial charge in [-0.2, -0.15) is 0 Å². The van der Waals surface area contributed by atoms with Crippen LogP contribution in [0, 0.1) is 0 Å². The van der Waals surface area contributed by atoms with Gasteiger partial charge >= 0.3 is 0 Å². The molecule has 8 heteroatoms. The quantitative estimate of drug-likeness (QED) is 0.793. The Hall–Kier alpha value is -0.670. The first-order valence-electron chi connectivity index (χ1n) is 7.09. The van der Waals surface area contributed by atoms with Crippen LogP contribution in [-0.2, 0) is 14.8 Å². The van der Waals surface area contributed by atoms with Crippen LogP contribution in [0.2, 0.25) is 0 Å². The molecule has 0 saturated carbocycles. The highest BCUT2D eigenvalue weighted by Gasteiger charge is 2.21. The Bertz CT molecular complexity index is 603. The third kappa shape index (κ3) is 4.42. The van der Waals surface area contributed by atoms with E-state index in [9.17, 15) is 8.42 Å². The van der Waals surface area contributed by atoms with Gasteiger partial charge in [0.05, 0.1) is 29.7 Å². The minimum Gasteiger partial charge on any atom is -0.496 e. The monoisotopic (exact) mass is 392 g/mol. The van der Waals surface area contributed by atoms with Crippen LogP contribution in [0.3, 0.4) is 0 Å². The molecule has 0 aliphatic carbocycles. The van der Waals surface area contributed by atoms with E-state index in [2.05, 4.69) is 25.6 Å². The molecule has 0 spiro atoms. The van der Waals surface area contributed by atoms with E-state index in [0.29, 0.717) is 30.0 Å². The molecule has 2 rings (SSSR count). The van der Waals surface area contributed by atoms with E-state index in [1.807, 2.05) is 6.92 Å². The SMILES string of the molecule is COc1ccc(S(=O)(=O)NCC(C)N2CCOCC2)cc1Br. The average Bonchev–Trinajstić information content (AvgIpc) is 2.53. The fraction of sp³-hybridized carbons (Fsp3) is 0.571. The van der Waals surface area contributed by atoms with E-state index in [0.717, 1.165) is 13.1 Å². The number of morpholine rings is 1. The van der Waals surface area contributed by atoms with Gasteiger partial charge in [0.1, 0.15) is 5.75 Å². The molecule has 22 heavy (non-hydrogen) atoms. The van der Waals surface area contributed by atoms with Gasteiger partial charge in [-0.1, -0.05) is 0 Å². The Morgan fingerprint density at radius 3 is 2.68 bits per heavy atom. The minimum absolute atomic E-state index is 0.125. The number of methoxy groups -OCH3 is 1. The molecule has 1 saturated heterocycles. The standard InChI is InChI=1S/C14H21BrN2O4S/c1-11(17-5-7-21-8-6-17)10-16-22(18,19)12-3-4-14(20-2)13(15)9-12/h3-4,9,11,16H,5-8,10H2,1-2H3. The number of nitrogens with one attached hydrogen (secondary N) is 1. The molecule has 1 atom stereocenters. The first-order chi connectivity index (χ1) is 10.4. The third-order valence-corrected chi connectivity index (χ3v) is 5.71. The lowest BCUT2D eigenvalue weighted by Crippen LogP contribution is -2.47. The first kappa shape index (κ1) is 17.7. The summed E-state index contributed by atoms with van der Waals surface area (Å²) in [6, 6.07) is 4.83.